The molecule has 0 saturated heterocycles. The van der Waals surface area contributed by atoms with Gasteiger partial charge in [-0.1, -0.05) is 6.08 Å². The maximum Gasteiger partial charge on any atom is 0.0884 e. The van der Waals surface area contributed by atoms with Gasteiger partial charge in [0.15, 0.2) is 0 Å². The Hall–Kier alpha value is -0.630. The van der Waals surface area contributed by atoms with Gasteiger partial charge in [-0.05, 0) is 12.0 Å². The van der Waals surface area contributed by atoms with Crippen molar-refractivity contribution >= 4 is 0 Å². The molecular weight excluding hydrogens is 107 g/mol. The molecule has 0 heterocycles. The molecule has 0 aromatic rings. The van der Waals surface area contributed by atoms with E-state index in [1.165, 1.54) is 0 Å². The van der Waals surface area contributed by atoms with Gasteiger partial charge in [0, 0.05) is 0 Å². The molecule has 1 N–H and O–H groups in total. The molecular formula is C6H9FO. The van der Waals surface area contributed by atoms with Crippen LogP contribution in [0.15, 0.2) is 24.6 Å². The molecule has 8 heavy (non-hydrogen) atoms. The lowest BCUT2D eigenvalue weighted by molar-refractivity contribution is 0.326. The minimum absolute atomic E-state index is 0.220. The molecule has 0 aliphatic heterocycles. The average Bonchev–Trinajstić information content (AvgIpc) is 1.83. The molecule has 1 nitrogen and oxygen atoms in total. The number of allylic oxidation sites excluding steroid dienone is 1. The number of aliphatic hydroxyl groups is 1. The van der Waals surface area contributed by atoms with E-state index in [1.54, 1.807) is 6.08 Å². The van der Waals surface area contributed by atoms with Crippen LogP contribution in [0.25, 0.3) is 0 Å². The van der Waals surface area contributed by atoms with E-state index in [4.69, 9.17) is 5.11 Å². The fourth-order valence-corrected chi connectivity index (χ4v) is 0.329. The third kappa shape index (κ3) is 2.53. The number of hydrogen-bond acceptors (Lipinski definition) is 1. The molecule has 0 saturated carbocycles. The van der Waals surface area contributed by atoms with Crippen LogP contribution in [0, 0.1) is 0 Å². The van der Waals surface area contributed by atoms with Gasteiger partial charge < -0.3 is 5.11 Å². The fraction of sp³-hybridized carbons (Fsp3) is 0.333. The van der Waals surface area contributed by atoms with Gasteiger partial charge in [0.1, 0.15) is 0 Å². The summed E-state index contributed by atoms with van der Waals surface area (Å²) >= 11 is 0. The highest BCUT2D eigenvalue weighted by Crippen LogP contribution is 1.99. The lowest BCUT2D eigenvalue weighted by atomic mass is 10.2. The van der Waals surface area contributed by atoms with Gasteiger partial charge in [0.05, 0.1) is 12.9 Å². The summed E-state index contributed by atoms with van der Waals surface area (Å²) in [6, 6.07) is 0. The summed E-state index contributed by atoms with van der Waals surface area (Å²) in [6.07, 6.45) is 2.37. The summed E-state index contributed by atoms with van der Waals surface area (Å²) < 4.78 is 11.5. The Morgan fingerprint density at radius 3 is 2.50 bits per heavy atom. The topological polar surface area (TPSA) is 20.2 Å². The molecule has 0 aliphatic carbocycles. The van der Waals surface area contributed by atoms with Crippen LogP contribution in [0.4, 0.5) is 4.39 Å². The van der Waals surface area contributed by atoms with Crippen LogP contribution in [0.3, 0.4) is 0 Å². The minimum Gasteiger partial charge on any atom is -0.392 e. The molecule has 0 radical (unpaired) electrons. The number of hydrogen-bond donors (Lipinski definition) is 1. The molecule has 0 amide bonds. The van der Waals surface area contributed by atoms with E-state index >= 15 is 0 Å². The van der Waals surface area contributed by atoms with Crippen LogP contribution >= 0.6 is 0 Å². The number of aliphatic hydroxyl groups excluding tert-OH is 1. The predicted octanol–water partition coefficient (Wildman–Crippen LogP) is 1.41. The summed E-state index contributed by atoms with van der Waals surface area (Å²) in [7, 11) is 0. The van der Waals surface area contributed by atoms with Crippen molar-refractivity contribution in [1.82, 2.24) is 0 Å². The molecule has 0 atom stereocenters. The van der Waals surface area contributed by atoms with Crippen molar-refractivity contribution in [3.8, 4) is 0 Å². The van der Waals surface area contributed by atoms with E-state index in [1.807, 2.05) is 0 Å². The highest BCUT2D eigenvalue weighted by Gasteiger charge is 1.88. The molecule has 0 rings (SSSR count). The minimum atomic E-state index is -0.220. The number of halogens is 1. The quantitative estimate of drug-likeness (QED) is 0.553. The largest absolute Gasteiger partial charge is 0.392 e. The third-order valence-corrected chi connectivity index (χ3v) is 0.764. The van der Waals surface area contributed by atoms with Gasteiger partial charge in [-0.3, -0.25) is 0 Å². The Kier molecular flexibility index (Phi) is 4.17. The lowest BCUT2D eigenvalue weighted by Crippen LogP contribution is -1.85. The molecule has 0 aromatic carbocycles. The zero-order valence-corrected chi connectivity index (χ0v) is 4.60. The molecule has 2 heteroatoms. The smallest absolute Gasteiger partial charge is 0.0884 e. The summed E-state index contributed by atoms with van der Waals surface area (Å²) in [4.78, 5) is 0. The Balaban J connectivity index is 3.53. The first kappa shape index (κ1) is 7.37. The first-order valence-corrected chi connectivity index (χ1v) is 2.35. The Labute approximate surface area is 48.1 Å². The maximum absolute atomic E-state index is 11.5. The summed E-state index contributed by atoms with van der Waals surface area (Å²) in [5.41, 5.74) is 0.361. The van der Waals surface area contributed by atoms with Crippen molar-refractivity contribution in [3.05, 3.63) is 24.6 Å². The van der Waals surface area contributed by atoms with Gasteiger partial charge in [0.2, 0.25) is 0 Å². The zero-order chi connectivity index (χ0) is 6.41. The standard InChI is InChI=1S/C6H9FO/c1-2-3-6(4-7)5-8/h2,4,8H,1,3,5H2/b6-4+. The van der Waals surface area contributed by atoms with E-state index in [9.17, 15) is 4.39 Å². The van der Waals surface area contributed by atoms with Crippen LogP contribution in [0.5, 0.6) is 0 Å². The van der Waals surface area contributed by atoms with E-state index in [-0.39, 0.29) is 6.61 Å². The first-order chi connectivity index (χ1) is 3.85. The SMILES string of the molecule is C=CC/C(=C\F)CO. The van der Waals surface area contributed by atoms with Gasteiger partial charge >= 0.3 is 0 Å². The van der Waals surface area contributed by atoms with Gasteiger partial charge in [0.25, 0.3) is 0 Å². The number of rotatable bonds is 3. The highest BCUT2D eigenvalue weighted by molar-refractivity contribution is 5.02. The fourth-order valence-electron chi connectivity index (χ4n) is 0.329. The summed E-state index contributed by atoms with van der Waals surface area (Å²) in [5.74, 6) is 0. The van der Waals surface area contributed by atoms with Gasteiger partial charge in [-0.2, -0.15) is 0 Å². The van der Waals surface area contributed by atoms with Gasteiger partial charge in [-0.15, -0.1) is 6.58 Å². The van der Waals surface area contributed by atoms with Gasteiger partial charge in [-0.25, -0.2) is 4.39 Å². The van der Waals surface area contributed by atoms with Crippen molar-refractivity contribution in [3.63, 3.8) is 0 Å². The maximum atomic E-state index is 11.5. The Morgan fingerprint density at radius 1 is 1.75 bits per heavy atom. The Morgan fingerprint density at radius 2 is 2.38 bits per heavy atom. The normalized spacial score (nSPS) is 11.5. The zero-order valence-electron chi connectivity index (χ0n) is 4.60. The van der Waals surface area contributed by atoms with Crippen LogP contribution in [-0.2, 0) is 0 Å². The van der Waals surface area contributed by atoms with Crippen LogP contribution in [0.2, 0.25) is 0 Å². The molecule has 46 valence electrons. The van der Waals surface area contributed by atoms with Crippen molar-refractivity contribution in [1.29, 1.82) is 0 Å². The molecule has 0 bridgehead atoms. The van der Waals surface area contributed by atoms with E-state index < -0.39 is 0 Å². The van der Waals surface area contributed by atoms with Crippen LogP contribution in [-0.4, -0.2) is 11.7 Å². The first-order valence-electron chi connectivity index (χ1n) is 2.35. The van der Waals surface area contributed by atoms with E-state index in [0.29, 0.717) is 18.3 Å². The van der Waals surface area contributed by atoms with Crippen molar-refractivity contribution in [2.75, 3.05) is 6.61 Å². The van der Waals surface area contributed by atoms with Crippen molar-refractivity contribution < 1.29 is 9.50 Å². The highest BCUT2D eigenvalue weighted by atomic mass is 19.1. The molecule has 0 fully saturated rings. The van der Waals surface area contributed by atoms with E-state index in [2.05, 4.69) is 6.58 Å². The molecule has 0 unspecified atom stereocenters. The second-order valence-corrected chi connectivity index (χ2v) is 1.42. The van der Waals surface area contributed by atoms with Crippen molar-refractivity contribution in [2.24, 2.45) is 0 Å². The second-order valence-electron chi connectivity index (χ2n) is 1.42. The molecule has 0 spiro atoms. The summed E-state index contributed by atoms with van der Waals surface area (Å²) in [5, 5.41) is 8.30. The van der Waals surface area contributed by atoms with Crippen LogP contribution in [0.1, 0.15) is 6.42 Å². The third-order valence-electron chi connectivity index (χ3n) is 0.764. The molecule has 0 aromatic heterocycles. The van der Waals surface area contributed by atoms with Crippen LogP contribution < -0.4 is 0 Å². The predicted molar refractivity (Wildman–Crippen MR) is 31.1 cm³/mol. The second kappa shape index (κ2) is 4.53. The average molecular weight is 116 g/mol. The lowest BCUT2D eigenvalue weighted by Gasteiger charge is -1.91. The monoisotopic (exact) mass is 116 g/mol. The van der Waals surface area contributed by atoms with Crippen molar-refractivity contribution in [2.45, 2.75) is 6.42 Å². The summed E-state index contributed by atoms with van der Waals surface area (Å²) in [6.45, 7) is 3.16. The van der Waals surface area contributed by atoms with E-state index in [0.717, 1.165) is 0 Å². The molecule has 0 aliphatic rings. The Bertz CT molecular complexity index is 96.7.